The predicted molar refractivity (Wildman–Crippen MR) is 97.6 cm³/mol. The molecule has 0 aliphatic carbocycles. The van der Waals surface area contributed by atoms with Crippen LogP contribution in [-0.2, 0) is 4.74 Å². The van der Waals surface area contributed by atoms with E-state index < -0.39 is 0 Å². The first-order valence-corrected chi connectivity index (χ1v) is 8.93. The molecular weight excluding hydrogens is 322 g/mol. The Balaban J connectivity index is 1.68. The standard InChI is InChI=1S/C18H19N3O2S/c1-10-4-2-5-11-8-13-14(19)16(24-18(13)21-15(10)11)17(22)20-9-12-6-3-7-23-12/h2,4-5,8,12H,3,6-7,9,19H2,1H3,(H,20,22). The molecule has 1 atom stereocenters. The molecule has 3 N–H and O–H groups in total. The molecule has 1 saturated heterocycles. The zero-order valence-electron chi connectivity index (χ0n) is 13.5. The topological polar surface area (TPSA) is 77.2 Å². The summed E-state index contributed by atoms with van der Waals surface area (Å²) in [5.74, 6) is -0.147. The SMILES string of the molecule is Cc1cccc2cc3c(N)c(C(=O)NCC4CCCO4)sc3nc12. The fourth-order valence-corrected chi connectivity index (χ4v) is 4.13. The summed E-state index contributed by atoms with van der Waals surface area (Å²) in [5.41, 5.74) is 8.81. The van der Waals surface area contributed by atoms with Crippen LogP contribution in [0.25, 0.3) is 21.1 Å². The summed E-state index contributed by atoms with van der Waals surface area (Å²) in [7, 11) is 0. The molecule has 1 aromatic carbocycles. The lowest BCUT2D eigenvalue weighted by atomic mass is 10.1. The number of benzene rings is 1. The van der Waals surface area contributed by atoms with Gasteiger partial charge in [0.2, 0.25) is 0 Å². The number of hydrogen-bond donors (Lipinski definition) is 2. The van der Waals surface area contributed by atoms with E-state index in [1.165, 1.54) is 11.3 Å². The first-order chi connectivity index (χ1) is 11.6. The number of anilines is 1. The van der Waals surface area contributed by atoms with Crippen LogP contribution in [-0.4, -0.2) is 30.1 Å². The van der Waals surface area contributed by atoms with Crippen molar-refractivity contribution in [3.63, 3.8) is 0 Å². The van der Waals surface area contributed by atoms with E-state index in [1.807, 2.05) is 31.2 Å². The van der Waals surface area contributed by atoms with Crippen molar-refractivity contribution in [3.05, 3.63) is 34.7 Å². The summed E-state index contributed by atoms with van der Waals surface area (Å²) in [6, 6.07) is 8.08. The van der Waals surface area contributed by atoms with Gasteiger partial charge in [-0.1, -0.05) is 18.2 Å². The van der Waals surface area contributed by atoms with Crippen LogP contribution >= 0.6 is 11.3 Å². The maximum Gasteiger partial charge on any atom is 0.263 e. The highest BCUT2D eigenvalue weighted by Crippen LogP contribution is 2.35. The van der Waals surface area contributed by atoms with E-state index in [-0.39, 0.29) is 12.0 Å². The molecule has 0 bridgehead atoms. The number of aromatic nitrogens is 1. The Kier molecular flexibility index (Phi) is 3.86. The number of aryl methyl sites for hydroxylation is 1. The molecule has 3 heterocycles. The number of nitrogens with two attached hydrogens (primary N) is 1. The lowest BCUT2D eigenvalue weighted by Crippen LogP contribution is -2.31. The van der Waals surface area contributed by atoms with Gasteiger partial charge in [-0.25, -0.2) is 4.98 Å². The maximum atomic E-state index is 12.5. The fourth-order valence-electron chi connectivity index (χ4n) is 3.14. The molecule has 24 heavy (non-hydrogen) atoms. The van der Waals surface area contributed by atoms with E-state index in [9.17, 15) is 4.79 Å². The first kappa shape index (κ1) is 15.4. The van der Waals surface area contributed by atoms with E-state index in [0.717, 1.165) is 46.1 Å². The number of hydrogen-bond acceptors (Lipinski definition) is 5. The minimum absolute atomic E-state index is 0.118. The molecule has 4 rings (SSSR count). The number of fused-ring (bicyclic) bond motifs is 2. The molecule has 1 aliphatic heterocycles. The molecule has 0 spiro atoms. The van der Waals surface area contributed by atoms with Crippen LogP contribution < -0.4 is 11.1 Å². The van der Waals surface area contributed by atoms with Crippen molar-refractivity contribution >= 4 is 44.1 Å². The smallest absolute Gasteiger partial charge is 0.263 e. The second-order valence-corrected chi connectivity index (χ2v) is 7.18. The zero-order chi connectivity index (χ0) is 16.7. The molecule has 1 amide bonds. The van der Waals surface area contributed by atoms with Gasteiger partial charge in [-0.15, -0.1) is 11.3 Å². The highest BCUT2D eigenvalue weighted by Gasteiger charge is 2.21. The van der Waals surface area contributed by atoms with Gasteiger partial charge in [-0.2, -0.15) is 0 Å². The number of rotatable bonds is 3. The Labute approximate surface area is 143 Å². The van der Waals surface area contributed by atoms with Crippen molar-refractivity contribution in [1.29, 1.82) is 0 Å². The summed E-state index contributed by atoms with van der Waals surface area (Å²) in [4.78, 5) is 18.5. The van der Waals surface area contributed by atoms with Gasteiger partial charge in [0.05, 0.1) is 17.3 Å². The molecule has 3 aromatic rings. The second kappa shape index (κ2) is 6.03. The molecular formula is C18H19N3O2S. The van der Waals surface area contributed by atoms with Gasteiger partial charge in [0, 0.05) is 23.9 Å². The molecule has 0 saturated carbocycles. The summed E-state index contributed by atoms with van der Waals surface area (Å²) < 4.78 is 5.54. The zero-order valence-corrected chi connectivity index (χ0v) is 14.3. The maximum absolute atomic E-state index is 12.5. The Morgan fingerprint density at radius 2 is 2.38 bits per heavy atom. The normalized spacial score (nSPS) is 17.6. The third-order valence-electron chi connectivity index (χ3n) is 4.47. The van der Waals surface area contributed by atoms with Gasteiger partial charge in [0.25, 0.3) is 5.91 Å². The van der Waals surface area contributed by atoms with E-state index in [4.69, 9.17) is 15.5 Å². The van der Waals surface area contributed by atoms with Crippen molar-refractivity contribution in [3.8, 4) is 0 Å². The van der Waals surface area contributed by atoms with E-state index in [0.29, 0.717) is 17.1 Å². The predicted octanol–water partition coefficient (Wildman–Crippen LogP) is 3.25. The number of para-hydroxylation sites is 1. The van der Waals surface area contributed by atoms with Crippen molar-refractivity contribution in [2.75, 3.05) is 18.9 Å². The molecule has 0 radical (unpaired) electrons. The Hall–Kier alpha value is -2.18. The summed E-state index contributed by atoms with van der Waals surface area (Å²) in [6.45, 7) is 3.34. The Morgan fingerprint density at radius 1 is 1.50 bits per heavy atom. The van der Waals surface area contributed by atoms with E-state index in [1.54, 1.807) is 0 Å². The number of nitrogen functional groups attached to an aromatic ring is 1. The highest BCUT2D eigenvalue weighted by atomic mass is 32.1. The Morgan fingerprint density at radius 3 is 3.17 bits per heavy atom. The summed E-state index contributed by atoms with van der Waals surface area (Å²) in [6.07, 6.45) is 2.17. The molecule has 1 fully saturated rings. The number of thiophene rings is 1. The first-order valence-electron chi connectivity index (χ1n) is 8.11. The highest BCUT2D eigenvalue weighted by molar-refractivity contribution is 7.21. The number of nitrogens with zero attached hydrogens (tertiary/aromatic N) is 1. The fraction of sp³-hybridized carbons (Fsp3) is 0.333. The van der Waals surface area contributed by atoms with Crippen molar-refractivity contribution in [2.45, 2.75) is 25.9 Å². The van der Waals surface area contributed by atoms with Crippen LogP contribution in [0, 0.1) is 6.92 Å². The number of nitrogens with one attached hydrogen (secondary N) is 1. The third-order valence-corrected chi connectivity index (χ3v) is 5.58. The van der Waals surface area contributed by atoms with Crippen LogP contribution in [0.5, 0.6) is 0 Å². The van der Waals surface area contributed by atoms with Gasteiger partial charge in [0.15, 0.2) is 0 Å². The van der Waals surface area contributed by atoms with Gasteiger partial charge >= 0.3 is 0 Å². The molecule has 1 unspecified atom stereocenters. The summed E-state index contributed by atoms with van der Waals surface area (Å²) in [5, 5.41) is 4.82. The molecule has 6 heteroatoms. The van der Waals surface area contributed by atoms with Gasteiger partial charge in [-0.05, 0) is 31.4 Å². The second-order valence-electron chi connectivity index (χ2n) is 6.18. The quantitative estimate of drug-likeness (QED) is 0.766. The van der Waals surface area contributed by atoms with Crippen molar-refractivity contribution < 1.29 is 9.53 Å². The van der Waals surface area contributed by atoms with Crippen LogP contribution in [0.4, 0.5) is 5.69 Å². The van der Waals surface area contributed by atoms with Crippen LogP contribution in [0.3, 0.4) is 0 Å². The lowest BCUT2D eigenvalue weighted by Gasteiger charge is -2.10. The minimum Gasteiger partial charge on any atom is -0.397 e. The lowest BCUT2D eigenvalue weighted by molar-refractivity contribution is 0.0862. The molecule has 124 valence electrons. The van der Waals surface area contributed by atoms with Gasteiger partial charge in [-0.3, -0.25) is 4.79 Å². The number of pyridine rings is 1. The third kappa shape index (κ3) is 2.61. The average Bonchev–Trinajstić information content (AvgIpc) is 3.20. The molecule has 1 aliphatic rings. The summed E-state index contributed by atoms with van der Waals surface area (Å²) >= 11 is 1.35. The molecule has 5 nitrogen and oxygen atoms in total. The van der Waals surface area contributed by atoms with Gasteiger partial charge in [0.1, 0.15) is 9.71 Å². The number of amides is 1. The van der Waals surface area contributed by atoms with Crippen molar-refractivity contribution in [1.82, 2.24) is 10.3 Å². The monoisotopic (exact) mass is 341 g/mol. The average molecular weight is 341 g/mol. The van der Waals surface area contributed by atoms with E-state index in [2.05, 4.69) is 5.32 Å². The van der Waals surface area contributed by atoms with Gasteiger partial charge < -0.3 is 15.8 Å². The number of ether oxygens (including phenoxy) is 1. The van der Waals surface area contributed by atoms with Crippen LogP contribution in [0.2, 0.25) is 0 Å². The van der Waals surface area contributed by atoms with Crippen LogP contribution in [0.1, 0.15) is 28.1 Å². The number of carbonyl (C=O) groups excluding carboxylic acids is 1. The minimum atomic E-state index is -0.147. The van der Waals surface area contributed by atoms with E-state index >= 15 is 0 Å². The Bertz CT molecular complexity index is 929. The van der Waals surface area contributed by atoms with Crippen molar-refractivity contribution in [2.24, 2.45) is 0 Å². The molecule has 2 aromatic heterocycles. The number of carbonyl (C=O) groups is 1. The van der Waals surface area contributed by atoms with Crippen LogP contribution in [0.15, 0.2) is 24.3 Å². The largest absolute Gasteiger partial charge is 0.397 e.